The van der Waals surface area contributed by atoms with Crippen molar-refractivity contribution in [1.82, 2.24) is 0 Å². The fourth-order valence-electron chi connectivity index (χ4n) is 5.94. The van der Waals surface area contributed by atoms with Gasteiger partial charge in [0.2, 0.25) is 0 Å². The van der Waals surface area contributed by atoms with Crippen LogP contribution in [0.2, 0.25) is 0 Å². The van der Waals surface area contributed by atoms with Gasteiger partial charge in [-0.1, -0.05) is 56.5 Å². The summed E-state index contributed by atoms with van der Waals surface area (Å²) in [6, 6.07) is 12.4. The first kappa shape index (κ1) is 34.4. The zero-order valence-electron chi connectivity index (χ0n) is 26.1. The molecule has 5 nitrogen and oxygen atoms in total. The lowest BCUT2D eigenvalue weighted by Gasteiger charge is -2.33. The van der Waals surface area contributed by atoms with Gasteiger partial charge in [0.25, 0.3) is 0 Å². The molecule has 1 aliphatic heterocycles. The largest absolute Gasteiger partial charge is 0.494 e. The van der Waals surface area contributed by atoms with Gasteiger partial charge in [0.15, 0.2) is 11.6 Å². The van der Waals surface area contributed by atoms with Crippen molar-refractivity contribution in [2.45, 2.75) is 89.4 Å². The molecule has 2 fully saturated rings. The molecule has 0 spiro atoms. The molecule has 2 aromatic carbocycles. The van der Waals surface area contributed by atoms with Gasteiger partial charge in [-0.15, -0.1) is 11.8 Å². The van der Waals surface area contributed by atoms with E-state index >= 15 is 0 Å². The van der Waals surface area contributed by atoms with Crippen molar-refractivity contribution in [2.24, 2.45) is 17.8 Å². The van der Waals surface area contributed by atoms with Crippen LogP contribution in [0.4, 0.5) is 4.39 Å². The Morgan fingerprint density at radius 1 is 1.16 bits per heavy atom. The molecule has 1 N–H and O–H groups in total. The average molecular weight is 643 g/mol. The van der Waals surface area contributed by atoms with Crippen LogP contribution in [0.25, 0.3) is 0 Å². The fraction of sp³-hybridized carbons (Fsp3) is 0.500. The number of rotatable bonds is 13. The SMILES string of the molecule is CCOc1ccc(CC(C)C(Cl)=C/C=C(\C)C2CC(=O)C(O)C(CSc3cc(C(=O)C(C)C4CCCC4)ccc3F)O2)cc1. The topological polar surface area (TPSA) is 72.8 Å². The summed E-state index contributed by atoms with van der Waals surface area (Å²) in [6.45, 7) is 8.47. The predicted molar refractivity (Wildman–Crippen MR) is 175 cm³/mol. The Balaban J connectivity index is 1.37. The molecule has 238 valence electrons. The molecule has 1 aliphatic carbocycles. The van der Waals surface area contributed by atoms with E-state index in [9.17, 15) is 19.1 Å². The Kier molecular flexibility index (Phi) is 12.7. The van der Waals surface area contributed by atoms with Crippen molar-refractivity contribution in [1.29, 1.82) is 0 Å². The number of thioether (sulfide) groups is 1. The van der Waals surface area contributed by atoms with Gasteiger partial charge in [-0.2, -0.15) is 0 Å². The van der Waals surface area contributed by atoms with Crippen molar-refractivity contribution < 1.29 is 28.6 Å². The Morgan fingerprint density at radius 3 is 2.55 bits per heavy atom. The van der Waals surface area contributed by atoms with Crippen molar-refractivity contribution in [3.8, 4) is 5.75 Å². The first-order valence-electron chi connectivity index (χ1n) is 15.7. The highest BCUT2D eigenvalue weighted by molar-refractivity contribution is 7.99. The lowest BCUT2D eigenvalue weighted by molar-refractivity contribution is -0.150. The van der Waals surface area contributed by atoms with E-state index in [2.05, 4.69) is 6.92 Å². The van der Waals surface area contributed by atoms with Crippen LogP contribution >= 0.6 is 23.4 Å². The number of hydrogen-bond donors (Lipinski definition) is 1. The zero-order chi connectivity index (χ0) is 31.8. The van der Waals surface area contributed by atoms with Crippen LogP contribution in [0.1, 0.15) is 75.7 Å². The molecule has 2 aliphatic rings. The molecule has 0 aromatic heterocycles. The van der Waals surface area contributed by atoms with E-state index in [0.717, 1.165) is 60.8 Å². The molecule has 4 rings (SSSR count). The molecule has 5 atom stereocenters. The minimum Gasteiger partial charge on any atom is -0.494 e. The summed E-state index contributed by atoms with van der Waals surface area (Å²) < 4.78 is 26.4. The second-order valence-corrected chi connectivity index (χ2v) is 13.6. The van der Waals surface area contributed by atoms with E-state index in [4.69, 9.17) is 21.1 Å². The minimum absolute atomic E-state index is 0.0317. The first-order chi connectivity index (χ1) is 21.1. The van der Waals surface area contributed by atoms with Gasteiger partial charge in [-0.05, 0) is 92.5 Å². The van der Waals surface area contributed by atoms with Crippen LogP contribution in [-0.2, 0) is 16.0 Å². The number of aliphatic hydroxyl groups is 1. The lowest BCUT2D eigenvalue weighted by Crippen LogP contribution is -2.47. The van der Waals surface area contributed by atoms with E-state index in [0.29, 0.717) is 28.0 Å². The van der Waals surface area contributed by atoms with Crippen molar-refractivity contribution in [3.05, 3.63) is 82.2 Å². The molecule has 0 radical (unpaired) electrons. The number of benzene rings is 2. The van der Waals surface area contributed by atoms with Crippen molar-refractivity contribution >= 4 is 34.9 Å². The van der Waals surface area contributed by atoms with Gasteiger partial charge in [0.1, 0.15) is 23.8 Å². The van der Waals surface area contributed by atoms with Gasteiger partial charge < -0.3 is 14.6 Å². The maximum atomic E-state index is 14.8. The predicted octanol–water partition coefficient (Wildman–Crippen LogP) is 8.36. The highest BCUT2D eigenvalue weighted by Gasteiger charge is 2.37. The molecule has 1 saturated carbocycles. The van der Waals surface area contributed by atoms with E-state index < -0.39 is 24.1 Å². The summed E-state index contributed by atoms with van der Waals surface area (Å²) in [4.78, 5) is 26.2. The quantitative estimate of drug-likeness (QED) is 0.134. The molecular weight excluding hydrogens is 599 g/mol. The molecular formula is C36H44ClFO5S. The fourth-order valence-corrected chi connectivity index (χ4v) is 7.10. The van der Waals surface area contributed by atoms with Gasteiger partial charge in [0.05, 0.1) is 12.7 Å². The van der Waals surface area contributed by atoms with Gasteiger partial charge in [-0.25, -0.2) is 4.39 Å². The first-order valence-corrected chi connectivity index (χ1v) is 17.0. The number of Topliss-reactive ketones (excluding diaryl/α,β-unsaturated/α-hetero) is 2. The summed E-state index contributed by atoms with van der Waals surface area (Å²) in [7, 11) is 0. The van der Waals surface area contributed by atoms with Crippen LogP contribution < -0.4 is 4.74 Å². The third-order valence-electron chi connectivity index (χ3n) is 8.81. The normalized spacial score (nSPS) is 23.1. The Morgan fingerprint density at radius 2 is 1.86 bits per heavy atom. The standard InChI is InChI=1S/C36H44ClFO5S/c1-5-42-28-14-11-25(12-15-28)18-23(3)29(37)16-10-22(2)32-20-31(39)36(41)33(43-32)21-44-34-19-27(13-17-30(34)38)35(40)24(4)26-8-6-7-9-26/h10-17,19,23-24,26,32-33,36,41H,5-9,18,20-21H2,1-4H3/b22-10+,29-16?. The second kappa shape index (κ2) is 16.2. The summed E-state index contributed by atoms with van der Waals surface area (Å²) in [5.41, 5.74) is 2.45. The molecule has 1 saturated heterocycles. The monoisotopic (exact) mass is 642 g/mol. The number of allylic oxidation sites excluding steroid dienone is 3. The molecule has 44 heavy (non-hydrogen) atoms. The van der Waals surface area contributed by atoms with Gasteiger partial charge in [0, 0.05) is 33.6 Å². The number of hydrogen-bond acceptors (Lipinski definition) is 6. The molecule has 0 bridgehead atoms. The van der Waals surface area contributed by atoms with Crippen molar-refractivity contribution in [3.63, 3.8) is 0 Å². The van der Waals surface area contributed by atoms with Crippen LogP contribution in [0, 0.1) is 23.6 Å². The van der Waals surface area contributed by atoms with Gasteiger partial charge in [-0.3, -0.25) is 9.59 Å². The summed E-state index contributed by atoms with van der Waals surface area (Å²) in [5.74, 6) is 0.637. The van der Waals surface area contributed by atoms with E-state index in [1.165, 1.54) is 6.07 Å². The number of halogens is 2. The van der Waals surface area contributed by atoms with Crippen molar-refractivity contribution in [2.75, 3.05) is 12.4 Å². The Labute approximate surface area is 270 Å². The maximum Gasteiger partial charge on any atom is 0.166 e. The molecule has 1 heterocycles. The minimum atomic E-state index is -1.30. The van der Waals surface area contributed by atoms with E-state index in [-0.39, 0.29) is 35.6 Å². The van der Waals surface area contributed by atoms with E-state index in [1.807, 2.05) is 57.2 Å². The van der Waals surface area contributed by atoms with E-state index in [1.54, 1.807) is 12.1 Å². The highest BCUT2D eigenvalue weighted by Crippen LogP contribution is 2.35. The Bertz CT molecular complexity index is 1350. The average Bonchev–Trinajstić information content (AvgIpc) is 3.56. The summed E-state index contributed by atoms with van der Waals surface area (Å²) in [5, 5.41) is 11.3. The number of aliphatic hydroxyl groups excluding tert-OH is 1. The van der Waals surface area contributed by atoms with Crippen LogP contribution in [0.3, 0.4) is 0 Å². The maximum absolute atomic E-state index is 14.8. The zero-order valence-corrected chi connectivity index (χ0v) is 27.6. The third kappa shape index (κ3) is 9.06. The molecule has 0 amide bonds. The molecule has 5 unspecified atom stereocenters. The lowest BCUT2D eigenvalue weighted by atomic mass is 9.86. The Hall–Kier alpha value is -2.45. The molecule has 8 heteroatoms. The third-order valence-corrected chi connectivity index (χ3v) is 10.4. The number of carbonyl (C=O) groups is 2. The van der Waals surface area contributed by atoms with Crippen LogP contribution in [0.15, 0.2) is 70.1 Å². The van der Waals surface area contributed by atoms with Crippen LogP contribution in [0.5, 0.6) is 5.75 Å². The summed E-state index contributed by atoms with van der Waals surface area (Å²) in [6.07, 6.45) is 6.29. The molecule has 2 aromatic rings. The number of ketones is 2. The number of ether oxygens (including phenoxy) is 2. The highest BCUT2D eigenvalue weighted by atomic mass is 35.5. The summed E-state index contributed by atoms with van der Waals surface area (Å²) >= 11 is 7.78. The smallest absolute Gasteiger partial charge is 0.166 e. The number of carbonyl (C=O) groups excluding carboxylic acids is 2. The van der Waals surface area contributed by atoms with Gasteiger partial charge >= 0.3 is 0 Å². The van der Waals surface area contributed by atoms with Crippen LogP contribution in [-0.4, -0.2) is 47.3 Å². The second-order valence-electron chi connectivity index (χ2n) is 12.1.